The number of carbonyl (C=O) groups is 1. The van der Waals surface area contributed by atoms with E-state index in [9.17, 15) is 4.79 Å². The van der Waals surface area contributed by atoms with Gasteiger partial charge < -0.3 is 16.8 Å². The molecule has 6 nitrogen and oxygen atoms in total. The first kappa shape index (κ1) is 10.9. The van der Waals surface area contributed by atoms with E-state index in [1.807, 2.05) is 0 Å². The molecule has 0 spiro atoms. The van der Waals surface area contributed by atoms with Gasteiger partial charge in [-0.2, -0.15) is 0 Å². The highest BCUT2D eigenvalue weighted by molar-refractivity contribution is 6.00. The lowest BCUT2D eigenvalue weighted by molar-refractivity contribution is 0.100. The third-order valence-corrected chi connectivity index (χ3v) is 2.15. The second-order valence-electron chi connectivity index (χ2n) is 3.42. The number of carbonyl (C=O) groups excluding carboxylic acids is 1. The van der Waals surface area contributed by atoms with Gasteiger partial charge in [0.05, 0.1) is 29.3 Å². The van der Waals surface area contributed by atoms with E-state index in [0.717, 1.165) is 0 Å². The summed E-state index contributed by atoms with van der Waals surface area (Å²) < 4.78 is 0. The van der Waals surface area contributed by atoms with Crippen LogP contribution in [0.25, 0.3) is 0 Å². The van der Waals surface area contributed by atoms with Gasteiger partial charge in [-0.3, -0.25) is 4.79 Å². The van der Waals surface area contributed by atoms with Gasteiger partial charge in [0.25, 0.3) is 5.91 Å². The van der Waals surface area contributed by atoms with E-state index >= 15 is 0 Å². The molecule has 0 unspecified atom stereocenters. The van der Waals surface area contributed by atoms with Crippen molar-refractivity contribution in [2.24, 2.45) is 5.73 Å². The second-order valence-corrected chi connectivity index (χ2v) is 3.42. The third-order valence-electron chi connectivity index (χ3n) is 2.15. The number of amides is 1. The molecule has 86 valence electrons. The maximum atomic E-state index is 11.3. The number of hydrogen-bond acceptors (Lipinski definition) is 5. The van der Waals surface area contributed by atoms with Gasteiger partial charge in [0.2, 0.25) is 0 Å². The fourth-order valence-corrected chi connectivity index (χ4v) is 1.39. The standard InChI is InChI=1S/C11H11N5O/c12-7-1-2-10(9(3-7)11(13)17)16-8-4-14-6-15-5-8/h1-6,16H,12H2,(H2,13,17). The molecule has 1 amide bonds. The van der Waals surface area contributed by atoms with Crippen molar-refractivity contribution in [3.8, 4) is 0 Å². The normalized spacial score (nSPS) is 9.88. The zero-order valence-corrected chi connectivity index (χ0v) is 8.92. The monoisotopic (exact) mass is 229 g/mol. The summed E-state index contributed by atoms with van der Waals surface area (Å²) in [6.07, 6.45) is 4.60. The van der Waals surface area contributed by atoms with Crippen molar-refractivity contribution in [2.45, 2.75) is 0 Å². The van der Waals surface area contributed by atoms with Crippen LogP contribution in [0, 0.1) is 0 Å². The minimum Gasteiger partial charge on any atom is -0.399 e. The van der Waals surface area contributed by atoms with E-state index in [4.69, 9.17) is 11.5 Å². The molecule has 2 rings (SSSR count). The van der Waals surface area contributed by atoms with Gasteiger partial charge in [-0.25, -0.2) is 9.97 Å². The molecule has 17 heavy (non-hydrogen) atoms. The summed E-state index contributed by atoms with van der Waals surface area (Å²) in [6.45, 7) is 0. The Labute approximate surface area is 97.7 Å². The zero-order chi connectivity index (χ0) is 12.3. The molecule has 0 aliphatic rings. The first-order chi connectivity index (χ1) is 8.16. The number of primary amides is 1. The molecule has 0 saturated heterocycles. The Balaban J connectivity index is 2.36. The molecule has 0 radical (unpaired) electrons. The summed E-state index contributed by atoms with van der Waals surface area (Å²) in [5, 5.41) is 3.00. The van der Waals surface area contributed by atoms with Crippen LogP contribution in [0.1, 0.15) is 10.4 Å². The van der Waals surface area contributed by atoms with E-state index in [1.54, 1.807) is 24.5 Å². The molecule has 0 atom stereocenters. The van der Waals surface area contributed by atoms with Gasteiger partial charge in [-0.15, -0.1) is 0 Å². The number of nitrogens with zero attached hydrogens (tertiary/aromatic N) is 2. The molecule has 0 fully saturated rings. The van der Waals surface area contributed by atoms with Gasteiger partial charge in [0.15, 0.2) is 0 Å². The predicted octanol–water partition coefficient (Wildman–Crippen LogP) is 0.901. The van der Waals surface area contributed by atoms with Crippen molar-refractivity contribution < 1.29 is 4.79 Å². The predicted molar refractivity (Wildman–Crippen MR) is 64.7 cm³/mol. The molecular formula is C11H11N5O. The van der Waals surface area contributed by atoms with Crippen LogP contribution in [0.15, 0.2) is 36.9 Å². The van der Waals surface area contributed by atoms with Crippen molar-refractivity contribution in [3.05, 3.63) is 42.5 Å². The van der Waals surface area contributed by atoms with Crippen molar-refractivity contribution in [1.29, 1.82) is 0 Å². The summed E-state index contributed by atoms with van der Waals surface area (Å²) in [4.78, 5) is 19.0. The lowest BCUT2D eigenvalue weighted by Crippen LogP contribution is -2.13. The van der Waals surface area contributed by atoms with E-state index in [1.165, 1.54) is 12.4 Å². The average Bonchev–Trinajstić information content (AvgIpc) is 2.32. The van der Waals surface area contributed by atoms with Crippen LogP contribution in [0.5, 0.6) is 0 Å². The highest BCUT2D eigenvalue weighted by Gasteiger charge is 2.08. The van der Waals surface area contributed by atoms with Crippen molar-refractivity contribution >= 4 is 23.0 Å². The second kappa shape index (κ2) is 4.48. The largest absolute Gasteiger partial charge is 0.399 e. The van der Waals surface area contributed by atoms with E-state index in [2.05, 4.69) is 15.3 Å². The molecule has 1 aromatic heterocycles. The Morgan fingerprint density at radius 3 is 2.59 bits per heavy atom. The SMILES string of the molecule is NC(=O)c1cc(N)ccc1Nc1cncnc1. The van der Waals surface area contributed by atoms with Crippen molar-refractivity contribution in [3.63, 3.8) is 0 Å². The molecule has 6 heteroatoms. The molecule has 5 N–H and O–H groups in total. The summed E-state index contributed by atoms with van der Waals surface area (Å²) >= 11 is 0. The minimum atomic E-state index is -0.545. The van der Waals surface area contributed by atoms with Gasteiger partial charge in [-0.1, -0.05) is 0 Å². The maximum Gasteiger partial charge on any atom is 0.250 e. The summed E-state index contributed by atoms with van der Waals surface area (Å²) in [5.41, 5.74) is 12.9. The summed E-state index contributed by atoms with van der Waals surface area (Å²) in [6, 6.07) is 4.88. The van der Waals surface area contributed by atoms with Crippen molar-refractivity contribution in [2.75, 3.05) is 11.1 Å². The Bertz CT molecular complexity index is 541. The molecule has 0 bridgehead atoms. The van der Waals surface area contributed by atoms with Gasteiger partial charge >= 0.3 is 0 Å². The quantitative estimate of drug-likeness (QED) is 0.678. The zero-order valence-electron chi connectivity index (χ0n) is 8.92. The van der Waals surface area contributed by atoms with Crippen LogP contribution in [0.2, 0.25) is 0 Å². The van der Waals surface area contributed by atoms with Crippen LogP contribution in [-0.2, 0) is 0 Å². The molecule has 0 saturated carbocycles. The molecule has 1 aromatic carbocycles. The molecule has 2 aromatic rings. The molecule has 1 heterocycles. The number of hydrogen-bond donors (Lipinski definition) is 3. The Hall–Kier alpha value is -2.63. The number of nitrogen functional groups attached to an aromatic ring is 1. The number of nitrogens with two attached hydrogens (primary N) is 2. The van der Waals surface area contributed by atoms with Crippen LogP contribution in [0.3, 0.4) is 0 Å². The van der Waals surface area contributed by atoms with Gasteiger partial charge in [0, 0.05) is 5.69 Å². The molecule has 0 aliphatic heterocycles. The Morgan fingerprint density at radius 2 is 1.94 bits per heavy atom. The highest BCUT2D eigenvalue weighted by Crippen LogP contribution is 2.21. The third kappa shape index (κ3) is 2.49. The fraction of sp³-hybridized carbons (Fsp3) is 0. The number of rotatable bonds is 3. The number of benzene rings is 1. The first-order valence-electron chi connectivity index (χ1n) is 4.88. The van der Waals surface area contributed by atoms with Gasteiger partial charge in [-0.05, 0) is 18.2 Å². The lowest BCUT2D eigenvalue weighted by Gasteiger charge is -2.09. The Kier molecular flexibility index (Phi) is 2.87. The summed E-state index contributed by atoms with van der Waals surface area (Å²) in [7, 11) is 0. The number of aromatic nitrogens is 2. The molecular weight excluding hydrogens is 218 g/mol. The van der Waals surface area contributed by atoms with E-state index in [0.29, 0.717) is 22.6 Å². The highest BCUT2D eigenvalue weighted by atomic mass is 16.1. The minimum absolute atomic E-state index is 0.328. The van der Waals surface area contributed by atoms with Crippen LogP contribution >= 0.6 is 0 Å². The Morgan fingerprint density at radius 1 is 1.24 bits per heavy atom. The maximum absolute atomic E-state index is 11.3. The van der Waals surface area contributed by atoms with E-state index in [-0.39, 0.29) is 0 Å². The van der Waals surface area contributed by atoms with Crippen LogP contribution in [-0.4, -0.2) is 15.9 Å². The lowest BCUT2D eigenvalue weighted by atomic mass is 10.1. The average molecular weight is 229 g/mol. The van der Waals surface area contributed by atoms with E-state index < -0.39 is 5.91 Å². The smallest absolute Gasteiger partial charge is 0.250 e. The topological polar surface area (TPSA) is 107 Å². The summed E-state index contributed by atoms with van der Waals surface area (Å²) in [5.74, 6) is -0.545. The number of nitrogens with one attached hydrogen (secondary N) is 1. The van der Waals surface area contributed by atoms with Crippen molar-refractivity contribution in [1.82, 2.24) is 9.97 Å². The van der Waals surface area contributed by atoms with Crippen LogP contribution < -0.4 is 16.8 Å². The molecule has 0 aliphatic carbocycles. The van der Waals surface area contributed by atoms with Crippen LogP contribution in [0.4, 0.5) is 17.1 Å². The number of anilines is 3. The first-order valence-corrected chi connectivity index (χ1v) is 4.88. The van der Waals surface area contributed by atoms with Gasteiger partial charge in [0.1, 0.15) is 6.33 Å². The fourth-order valence-electron chi connectivity index (χ4n) is 1.39.